The smallest absolute Gasteiger partial charge is 0.226 e. The van der Waals surface area contributed by atoms with Gasteiger partial charge >= 0.3 is 0 Å². The lowest BCUT2D eigenvalue weighted by Gasteiger charge is -2.13. The highest BCUT2D eigenvalue weighted by atomic mass is 16.5. The molecule has 1 atom stereocenters. The van der Waals surface area contributed by atoms with Crippen molar-refractivity contribution < 1.29 is 9.84 Å². The predicted octanol–water partition coefficient (Wildman–Crippen LogP) is 1.91. The van der Waals surface area contributed by atoms with Crippen LogP contribution in [0, 0.1) is 6.92 Å². The summed E-state index contributed by atoms with van der Waals surface area (Å²) in [6, 6.07) is 8.88. The molecule has 0 aliphatic carbocycles. The van der Waals surface area contributed by atoms with Crippen LogP contribution in [-0.4, -0.2) is 28.2 Å². The summed E-state index contributed by atoms with van der Waals surface area (Å²) in [5.74, 6) is 0.961. The highest BCUT2D eigenvalue weighted by Crippen LogP contribution is 2.16. The number of benzene rings is 1. The Morgan fingerprint density at radius 3 is 2.67 bits per heavy atom. The fourth-order valence-electron chi connectivity index (χ4n) is 1.86. The Bertz CT molecular complexity index is 587. The highest BCUT2D eigenvalue weighted by molar-refractivity contribution is 5.40. The third-order valence-electron chi connectivity index (χ3n) is 2.90. The Labute approximate surface area is 124 Å². The van der Waals surface area contributed by atoms with Crippen LogP contribution in [-0.2, 0) is 0 Å². The average molecular weight is 288 g/mol. The van der Waals surface area contributed by atoms with Crippen LogP contribution in [0.1, 0.15) is 24.3 Å². The molecule has 2 rings (SSSR count). The molecule has 0 radical (unpaired) electrons. The molecule has 112 valence electrons. The second kappa shape index (κ2) is 6.90. The fourth-order valence-corrected chi connectivity index (χ4v) is 1.86. The number of rotatable bonds is 6. The molecule has 0 spiro atoms. The van der Waals surface area contributed by atoms with E-state index in [1.807, 2.05) is 13.8 Å². The van der Waals surface area contributed by atoms with Crippen LogP contribution in [0.5, 0.6) is 5.88 Å². The molecule has 0 amide bonds. The lowest BCUT2D eigenvalue weighted by molar-refractivity contribution is 0.191. The summed E-state index contributed by atoms with van der Waals surface area (Å²) in [6.07, 6.45) is -0.662. The van der Waals surface area contributed by atoms with E-state index in [0.29, 0.717) is 30.7 Å². The summed E-state index contributed by atoms with van der Waals surface area (Å²) in [7, 11) is 0. The monoisotopic (exact) mass is 288 g/mol. The van der Waals surface area contributed by atoms with Crippen molar-refractivity contribution in [2.45, 2.75) is 20.0 Å². The standard InChI is InChI=1S/C15H20N4O2/c1-3-21-14-8-10(2)18-15(19-14)17-9-13(20)11-4-6-12(16)7-5-11/h4-8,13,20H,3,9,16H2,1-2H3,(H,17,18,19). The molecule has 6 heteroatoms. The number of nitrogen functional groups attached to an aromatic ring is 1. The van der Waals surface area contributed by atoms with Gasteiger partial charge in [-0.2, -0.15) is 4.98 Å². The minimum Gasteiger partial charge on any atom is -0.478 e. The first-order chi connectivity index (χ1) is 10.1. The van der Waals surface area contributed by atoms with Gasteiger partial charge in [0.2, 0.25) is 11.8 Å². The van der Waals surface area contributed by atoms with Crippen molar-refractivity contribution in [3.63, 3.8) is 0 Å². The minimum atomic E-state index is -0.662. The molecule has 1 unspecified atom stereocenters. The molecule has 4 N–H and O–H groups in total. The number of nitrogens with zero attached hydrogens (tertiary/aromatic N) is 2. The predicted molar refractivity (Wildman–Crippen MR) is 82.2 cm³/mol. The van der Waals surface area contributed by atoms with Crippen molar-refractivity contribution in [3.05, 3.63) is 41.6 Å². The van der Waals surface area contributed by atoms with Gasteiger partial charge in [0.25, 0.3) is 0 Å². The highest BCUT2D eigenvalue weighted by Gasteiger charge is 2.09. The molecule has 0 aliphatic heterocycles. The Balaban J connectivity index is 2.00. The summed E-state index contributed by atoms with van der Waals surface area (Å²) < 4.78 is 5.36. The normalized spacial score (nSPS) is 12.0. The number of aromatic nitrogens is 2. The van der Waals surface area contributed by atoms with Gasteiger partial charge in [-0.15, -0.1) is 0 Å². The van der Waals surface area contributed by atoms with Crippen LogP contribution in [0.2, 0.25) is 0 Å². The van der Waals surface area contributed by atoms with Crippen LogP contribution in [0.3, 0.4) is 0 Å². The third kappa shape index (κ3) is 4.32. The molecule has 1 aromatic carbocycles. The number of aliphatic hydroxyl groups excluding tert-OH is 1. The quantitative estimate of drug-likeness (QED) is 0.703. The third-order valence-corrected chi connectivity index (χ3v) is 2.90. The topological polar surface area (TPSA) is 93.3 Å². The molecule has 21 heavy (non-hydrogen) atoms. The Morgan fingerprint density at radius 2 is 2.00 bits per heavy atom. The summed E-state index contributed by atoms with van der Waals surface area (Å²) in [5.41, 5.74) is 7.88. The van der Waals surface area contributed by atoms with Gasteiger partial charge in [0.05, 0.1) is 12.7 Å². The Hall–Kier alpha value is -2.34. The van der Waals surface area contributed by atoms with Crippen molar-refractivity contribution in [3.8, 4) is 5.88 Å². The van der Waals surface area contributed by atoms with Gasteiger partial charge in [-0.1, -0.05) is 12.1 Å². The van der Waals surface area contributed by atoms with Gasteiger partial charge in [-0.05, 0) is 31.5 Å². The summed E-state index contributed by atoms with van der Waals surface area (Å²) in [5, 5.41) is 13.1. The zero-order valence-corrected chi connectivity index (χ0v) is 12.2. The van der Waals surface area contributed by atoms with Crippen molar-refractivity contribution in [1.82, 2.24) is 9.97 Å². The fraction of sp³-hybridized carbons (Fsp3) is 0.333. The largest absolute Gasteiger partial charge is 0.478 e. The van der Waals surface area contributed by atoms with Crippen LogP contribution in [0.15, 0.2) is 30.3 Å². The van der Waals surface area contributed by atoms with Crippen LogP contribution < -0.4 is 15.8 Å². The van der Waals surface area contributed by atoms with E-state index in [4.69, 9.17) is 10.5 Å². The van der Waals surface area contributed by atoms with E-state index in [1.54, 1.807) is 30.3 Å². The van der Waals surface area contributed by atoms with Gasteiger partial charge in [0, 0.05) is 24.0 Å². The molecule has 0 fully saturated rings. The first-order valence-electron chi connectivity index (χ1n) is 6.84. The van der Waals surface area contributed by atoms with E-state index in [-0.39, 0.29) is 0 Å². The number of hydrogen-bond acceptors (Lipinski definition) is 6. The second-order valence-corrected chi connectivity index (χ2v) is 4.67. The number of aryl methyl sites for hydroxylation is 1. The molecule has 0 aliphatic rings. The zero-order chi connectivity index (χ0) is 15.2. The van der Waals surface area contributed by atoms with Crippen LogP contribution in [0.4, 0.5) is 11.6 Å². The maximum absolute atomic E-state index is 10.1. The van der Waals surface area contributed by atoms with E-state index in [2.05, 4.69) is 15.3 Å². The first-order valence-corrected chi connectivity index (χ1v) is 6.84. The zero-order valence-electron chi connectivity index (χ0n) is 12.2. The van der Waals surface area contributed by atoms with Crippen LogP contribution in [0.25, 0.3) is 0 Å². The molecule has 0 bridgehead atoms. The Kier molecular flexibility index (Phi) is 4.94. The van der Waals surface area contributed by atoms with E-state index >= 15 is 0 Å². The average Bonchev–Trinajstić information content (AvgIpc) is 2.45. The van der Waals surface area contributed by atoms with Gasteiger partial charge < -0.3 is 20.9 Å². The number of nitrogens with two attached hydrogens (primary N) is 1. The van der Waals surface area contributed by atoms with E-state index < -0.39 is 6.10 Å². The van der Waals surface area contributed by atoms with E-state index in [0.717, 1.165) is 11.3 Å². The van der Waals surface area contributed by atoms with Crippen molar-refractivity contribution in [1.29, 1.82) is 0 Å². The van der Waals surface area contributed by atoms with Gasteiger partial charge in [0.1, 0.15) is 0 Å². The minimum absolute atomic E-state index is 0.305. The molecule has 6 nitrogen and oxygen atoms in total. The molecule has 1 aromatic heterocycles. The van der Waals surface area contributed by atoms with Gasteiger partial charge in [0.15, 0.2) is 0 Å². The van der Waals surface area contributed by atoms with Gasteiger partial charge in [-0.25, -0.2) is 4.98 Å². The number of ether oxygens (including phenoxy) is 1. The van der Waals surface area contributed by atoms with E-state index in [9.17, 15) is 5.11 Å². The molecule has 2 aromatic rings. The number of hydrogen-bond donors (Lipinski definition) is 3. The van der Waals surface area contributed by atoms with Crippen molar-refractivity contribution >= 4 is 11.6 Å². The number of nitrogens with one attached hydrogen (secondary N) is 1. The molecular weight excluding hydrogens is 268 g/mol. The van der Waals surface area contributed by atoms with E-state index in [1.165, 1.54) is 0 Å². The molecule has 0 saturated heterocycles. The first kappa shape index (κ1) is 15.1. The number of aliphatic hydroxyl groups is 1. The lowest BCUT2D eigenvalue weighted by atomic mass is 10.1. The van der Waals surface area contributed by atoms with Crippen LogP contribution >= 0.6 is 0 Å². The summed E-state index contributed by atoms with van der Waals surface area (Å²) >= 11 is 0. The van der Waals surface area contributed by atoms with Gasteiger partial charge in [-0.3, -0.25) is 0 Å². The SMILES string of the molecule is CCOc1cc(C)nc(NCC(O)c2ccc(N)cc2)n1. The second-order valence-electron chi connectivity index (χ2n) is 4.67. The lowest BCUT2D eigenvalue weighted by Crippen LogP contribution is -2.14. The maximum Gasteiger partial charge on any atom is 0.226 e. The Morgan fingerprint density at radius 1 is 1.29 bits per heavy atom. The molecule has 0 saturated carbocycles. The van der Waals surface area contributed by atoms with Crippen molar-refractivity contribution in [2.75, 3.05) is 24.2 Å². The summed E-state index contributed by atoms with van der Waals surface area (Å²) in [6.45, 7) is 4.62. The number of anilines is 2. The van der Waals surface area contributed by atoms with Crippen molar-refractivity contribution in [2.24, 2.45) is 0 Å². The summed E-state index contributed by atoms with van der Waals surface area (Å²) in [4.78, 5) is 8.49. The maximum atomic E-state index is 10.1. The molecular formula is C15H20N4O2. The molecule has 1 heterocycles.